The quantitative estimate of drug-likeness (QED) is 0.505. The number of nitrogens with zero attached hydrogens (tertiary/aromatic N) is 2. The van der Waals surface area contributed by atoms with Crippen LogP contribution in [-0.2, 0) is 15.1 Å². The van der Waals surface area contributed by atoms with Gasteiger partial charge in [-0.05, 0) is 40.2 Å². The van der Waals surface area contributed by atoms with Crippen molar-refractivity contribution >= 4 is 50.8 Å². The van der Waals surface area contributed by atoms with Crippen LogP contribution in [0.3, 0.4) is 0 Å². The molecular weight excluding hydrogens is 412 g/mol. The third-order valence-corrected chi connectivity index (χ3v) is 5.15. The molecule has 0 saturated carbocycles. The number of carbonyl (C=O) groups is 2. The van der Waals surface area contributed by atoms with E-state index in [0.29, 0.717) is 15.7 Å². The number of primary amides is 1. The van der Waals surface area contributed by atoms with Gasteiger partial charge in [-0.2, -0.15) is 0 Å². The summed E-state index contributed by atoms with van der Waals surface area (Å²) < 4.78 is 0.710. The van der Waals surface area contributed by atoms with Gasteiger partial charge < -0.3 is 21.4 Å². The first-order valence-electron chi connectivity index (χ1n) is 8.12. The van der Waals surface area contributed by atoms with E-state index < -0.39 is 23.4 Å². The van der Waals surface area contributed by atoms with Gasteiger partial charge in [-0.25, -0.2) is 4.98 Å². The van der Waals surface area contributed by atoms with Gasteiger partial charge in [-0.15, -0.1) is 0 Å². The Balaban J connectivity index is 1.74. The fourth-order valence-corrected chi connectivity index (χ4v) is 3.48. The minimum absolute atomic E-state index is 0.237. The van der Waals surface area contributed by atoms with Gasteiger partial charge in [0.25, 0.3) is 11.8 Å². The third-order valence-electron chi connectivity index (χ3n) is 4.46. The number of para-hydroxylation sites is 3. The van der Waals surface area contributed by atoms with Crippen molar-refractivity contribution in [1.82, 2.24) is 15.3 Å². The Morgan fingerprint density at radius 2 is 1.89 bits per heavy atom. The van der Waals surface area contributed by atoms with E-state index in [4.69, 9.17) is 5.73 Å². The standard InChI is InChI=1S/C18H15BrN6O2/c19-10-5-1-2-6-11(10)23-15(26)14-18(16(20)27,22-9-21-14)17-24-12-7-3-4-8-13(12)25-17/h1-9,14H,(H2,20,27)(H,21,22)(H,23,26)(H,24,25). The van der Waals surface area contributed by atoms with Gasteiger partial charge >= 0.3 is 0 Å². The number of aliphatic imine (C=N–C) groups is 1. The first kappa shape index (κ1) is 17.2. The topological polar surface area (TPSA) is 125 Å². The minimum Gasteiger partial charge on any atom is -0.367 e. The van der Waals surface area contributed by atoms with Gasteiger partial charge in [0.05, 0.1) is 23.1 Å². The Bertz CT molecular complexity index is 1050. The lowest BCUT2D eigenvalue weighted by Crippen LogP contribution is -2.59. The summed E-state index contributed by atoms with van der Waals surface area (Å²) >= 11 is 3.38. The number of H-pyrrole nitrogens is 1. The van der Waals surface area contributed by atoms with Crippen LogP contribution in [-0.4, -0.2) is 34.2 Å². The van der Waals surface area contributed by atoms with Gasteiger partial charge in [-0.3, -0.25) is 14.6 Å². The highest BCUT2D eigenvalue weighted by molar-refractivity contribution is 9.10. The van der Waals surface area contributed by atoms with Crippen LogP contribution in [0, 0.1) is 0 Å². The van der Waals surface area contributed by atoms with Crippen LogP contribution < -0.4 is 16.4 Å². The number of nitrogens with two attached hydrogens (primary N) is 1. The molecule has 0 saturated heterocycles. The molecule has 1 aromatic heterocycles. The monoisotopic (exact) mass is 426 g/mol. The minimum atomic E-state index is -1.61. The molecule has 4 rings (SSSR count). The number of anilines is 1. The van der Waals surface area contributed by atoms with Crippen molar-refractivity contribution in [3.8, 4) is 0 Å². The smallest absolute Gasteiger partial charge is 0.253 e. The van der Waals surface area contributed by atoms with E-state index in [1.165, 1.54) is 6.34 Å². The van der Waals surface area contributed by atoms with E-state index in [-0.39, 0.29) is 5.82 Å². The predicted octanol–water partition coefficient (Wildman–Crippen LogP) is 1.64. The molecule has 2 aromatic carbocycles. The summed E-state index contributed by atoms with van der Waals surface area (Å²) in [6.45, 7) is 0. The number of hydrogen-bond donors (Lipinski definition) is 4. The lowest BCUT2D eigenvalue weighted by molar-refractivity contribution is -0.129. The molecular formula is C18H15BrN6O2. The van der Waals surface area contributed by atoms with Crippen molar-refractivity contribution in [3.63, 3.8) is 0 Å². The number of carbonyl (C=O) groups excluding carboxylic acids is 2. The third kappa shape index (κ3) is 2.76. The maximum atomic E-state index is 12.9. The number of benzene rings is 2. The zero-order valence-corrected chi connectivity index (χ0v) is 15.5. The fourth-order valence-electron chi connectivity index (χ4n) is 3.09. The van der Waals surface area contributed by atoms with Crippen molar-refractivity contribution in [2.75, 3.05) is 5.32 Å². The van der Waals surface area contributed by atoms with Gasteiger partial charge in [0.15, 0.2) is 6.04 Å². The molecule has 0 bridgehead atoms. The summed E-state index contributed by atoms with van der Waals surface area (Å²) in [6.07, 6.45) is 1.31. The number of rotatable bonds is 4. The van der Waals surface area contributed by atoms with Gasteiger partial charge in [0, 0.05) is 4.47 Å². The summed E-state index contributed by atoms with van der Waals surface area (Å²) in [5.41, 5.74) is 6.05. The number of hydrogen-bond acceptors (Lipinski definition) is 5. The summed E-state index contributed by atoms with van der Waals surface area (Å²) in [7, 11) is 0. The number of nitrogens with one attached hydrogen (secondary N) is 3. The van der Waals surface area contributed by atoms with E-state index in [2.05, 4.69) is 41.5 Å². The van der Waals surface area contributed by atoms with Crippen molar-refractivity contribution in [3.05, 3.63) is 58.8 Å². The summed E-state index contributed by atoms with van der Waals surface area (Å²) in [5, 5.41) is 5.62. The van der Waals surface area contributed by atoms with Crippen LogP contribution in [0.15, 0.2) is 58.0 Å². The first-order chi connectivity index (χ1) is 13.0. The summed E-state index contributed by atoms with van der Waals surface area (Å²) in [5.74, 6) is -1.00. The van der Waals surface area contributed by atoms with Crippen LogP contribution in [0.2, 0.25) is 0 Å². The Labute approximate surface area is 162 Å². The average Bonchev–Trinajstić information content (AvgIpc) is 3.28. The van der Waals surface area contributed by atoms with Gasteiger partial charge in [0.1, 0.15) is 5.82 Å². The fraction of sp³-hybridized carbons (Fsp3) is 0.111. The van der Waals surface area contributed by atoms with Crippen LogP contribution in [0.4, 0.5) is 5.69 Å². The van der Waals surface area contributed by atoms with E-state index in [0.717, 1.165) is 5.52 Å². The summed E-state index contributed by atoms with van der Waals surface area (Å²) in [6, 6.07) is 13.3. The average molecular weight is 427 g/mol. The zero-order valence-electron chi connectivity index (χ0n) is 13.9. The molecule has 1 aliphatic rings. The van der Waals surface area contributed by atoms with Gasteiger partial charge in [0.2, 0.25) is 5.54 Å². The molecule has 2 heterocycles. The predicted molar refractivity (Wildman–Crippen MR) is 105 cm³/mol. The van der Waals surface area contributed by atoms with Crippen LogP contribution in [0.25, 0.3) is 11.0 Å². The highest BCUT2D eigenvalue weighted by atomic mass is 79.9. The first-order valence-corrected chi connectivity index (χ1v) is 8.91. The number of amides is 2. The normalized spacial score (nSPS) is 21.1. The second kappa shape index (κ2) is 6.51. The van der Waals surface area contributed by atoms with Crippen LogP contribution in [0.5, 0.6) is 0 Å². The maximum Gasteiger partial charge on any atom is 0.253 e. The highest BCUT2D eigenvalue weighted by Crippen LogP contribution is 2.31. The molecule has 8 nitrogen and oxygen atoms in total. The molecule has 0 radical (unpaired) electrons. The second-order valence-electron chi connectivity index (χ2n) is 6.07. The van der Waals surface area contributed by atoms with Gasteiger partial charge in [-0.1, -0.05) is 24.3 Å². The van der Waals surface area contributed by atoms with Crippen molar-refractivity contribution in [1.29, 1.82) is 0 Å². The Hall–Kier alpha value is -3.20. The van der Waals surface area contributed by atoms with E-state index in [9.17, 15) is 9.59 Å². The SMILES string of the molecule is NC(=O)C1(c2nc3ccccc3[nH]2)NC=NC1C(=O)Nc1ccccc1Br. The number of aromatic amines is 1. The molecule has 136 valence electrons. The van der Waals surface area contributed by atoms with Crippen molar-refractivity contribution in [2.24, 2.45) is 10.7 Å². The lowest BCUT2D eigenvalue weighted by Gasteiger charge is -2.28. The zero-order chi connectivity index (χ0) is 19.0. The molecule has 2 atom stereocenters. The van der Waals surface area contributed by atoms with E-state index in [1.807, 2.05) is 24.3 Å². The molecule has 27 heavy (non-hydrogen) atoms. The van der Waals surface area contributed by atoms with Crippen LogP contribution in [0.1, 0.15) is 5.82 Å². The van der Waals surface area contributed by atoms with E-state index in [1.54, 1.807) is 24.3 Å². The molecule has 0 fully saturated rings. The van der Waals surface area contributed by atoms with Crippen molar-refractivity contribution < 1.29 is 9.59 Å². The molecule has 0 spiro atoms. The Kier molecular flexibility index (Phi) is 4.15. The molecule has 9 heteroatoms. The van der Waals surface area contributed by atoms with Crippen molar-refractivity contribution in [2.45, 2.75) is 11.6 Å². The summed E-state index contributed by atoms with van der Waals surface area (Å²) in [4.78, 5) is 37.1. The molecule has 2 amide bonds. The highest BCUT2D eigenvalue weighted by Gasteiger charge is 2.54. The largest absolute Gasteiger partial charge is 0.367 e. The number of fused-ring (bicyclic) bond motifs is 1. The van der Waals surface area contributed by atoms with E-state index >= 15 is 0 Å². The van der Waals surface area contributed by atoms with Crippen LogP contribution >= 0.6 is 15.9 Å². The Morgan fingerprint density at radius 1 is 1.15 bits per heavy atom. The number of aromatic nitrogens is 2. The maximum absolute atomic E-state index is 12.9. The molecule has 3 aromatic rings. The lowest BCUT2D eigenvalue weighted by atomic mass is 9.89. The number of imidazole rings is 1. The second-order valence-corrected chi connectivity index (χ2v) is 6.92. The molecule has 5 N–H and O–H groups in total. The molecule has 0 aliphatic carbocycles. The molecule has 2 unspecified atom stereocenters. The molecule has 1 aliphatic heterocycles. The number of halogens is 1. The Morgan fingerprint density at radius 3 is 2.63 bits per heavy atom.